The number of rotatable bonds is 5. The highest BCUT2D eigenvalue weighted by atomic mass is 19.2. The van der Waals surface area contributed by atoms with Crippen LogP contribution in [0.5, 0.6) is 11.5 Å². The van der Waals surface area contributed by atoms with Crippen LogP contribution in [0.25, 0.3) is 0 Å². The summed E-state index contributed by atoms with van der Waals surface area (Å²) in [5.74, 6) is -2.29. The Labute approximate surface area is 160 Å². The van der Waals surface area contributed by atoms with Crippen molar-refractivity contribution in [2.45, 2.75) is 13.0 Å². The fourth-order valence-electron chi connectivity index (χ4n) is 3.02. The van der Waals surface area contributed by atoms with Crippen molar-refractivity contribution in [2.24, 2.45) is 0 Å². The number of ether oxygens (including phenoxy) is 3. The average molecular weight is 391 g/mol. The number of methoxy groups -OCH3 is 2. The number of hydrogen-bond donors (Lipinski definition) is 0. The molecular formula is C20H19F2NO5. The normalized spacial score (nSPS) is 12.9. The Hall–Kier alpha value is -3.16. The summed E-state index contributed by atoms with van der Waals surface area (Å²) < 4.78 is 41.7. The maximum absolute atomic E-state index is 13.2. The zero-order chi connectivity index (χ0) is 20.3. The van der Waals surface area contributed by atoms with E-state index in [1.165, 1.54) is 7.11 Å². The second kappa shape index (κ2) is 8.24. The van der Waals surface area contributed by atoms with Crippen LogP contribution in [0.2, 0.25) is 0 Å². The molecule has 0 N–H and O–H groups in total. The Kier molecular flexibility index (Phi) is 5.77. The van der Waals surface area contributed by atoms with E-state index in [9.17, 15) is 18.4 Å². The lowest BCUT2D eigenvalue weighted by Gasteiger charge is -2.29. The molecule has 0 saturated heterocycles. The molecule has 2 aromatic rings. The topological polar surface area (TPSA) is 65.1 Å². The SMILES string of the molecule is COc1cc2c(cc1OC)CN(C(=O)COC(=O)c1ccc(F)c(F)c1)CC2. The lowest BCUT2D eigenvalue weighted by molar-refractivity contribution is -0.135. The predicted molar refractivity (Wildman–Crippen MR) is 95.3 cm³/mol. The molecule has 0 aliphatic carbocycles. The standard InChI is InChI=1S/C20H19F2NO5/c1-26-17-8-12-5-6-23(10-14(12)9-18(17)27-2)19(24)11-28-20(25)13-3-4-15(21)16(22)7-13/h3-4,7-9H,5-6,10-11H2,1-2H3. The van der Waals surface area contributed by atoms with Crippen molar-refractivity contribution >= 4 is 11.9 Å². The number of hydrogen-bond acceptors (Lipinski definition) is 5. The molecule has 1 heterocycles. The molecule has 2 aromatic carbocycles. The molecule has 3 rings (SSSR count). The fraction of sp³-hybridized carbons (Fsp3) is 0.300. The van der Waals surface area contributed by atoms with Gasteiger partial charge in [0.25, 0.3) is 5.91 Å². The van der Waals surface area contributed by atoms with E-state index < -0.39 is 24.2 Å². The van der Waals surface area contributed by atoms with Gasteiger partial charge >= 0.3 is 5.97 Å². The van der Waals surface area contributed by atoms with E-state index in [0.29, 0.717) is 31.0 Å². The van der Waals surface area contributed by atoms with Crippen LogP contribution < -0.4 is 9.47 Å². The van der Waals surface area contributed by atoms with Gasteiger partial charge in [-0.05, 0) is 47.9 Å². The third-order valence-corrected chi connectivity index (χ3v) is 4.55. The maximum Gasteiger partial charge on any atom is 0.338 e. The zero-order valence-electron chi connectivity index (χ0n) is 15.5. The molecule has 0 saturated carbocycles. The van der Waals surface area contributed by atoms with E-state index in [1.807, 2.05) is 12.1 Å². The fourth-order valence-corrected chi connectivity index (χ4v) is 3.02. The highest BCUT2D eigenvalue weighted by Crippen LogP contribution is 2.33. The zero-order valence-corrected chi connectivity index (χ0v) is 15.5. The van der Waals surface area contributed by atoms with E-state index in [4.69, 9.17) is 14.2 Å². The largest absolute Gasteiger partial charge is 0.493 e. The maximum atomic E-state index is 13.2. The highest BCUT2D eigenvalue weighted by Gasteiger charge is 2.24. The van der Waals surface area contributed by atoms with Crippen LogP contribution in [-0.2, 0) is 22.5 Å². The van der Waals surface area contributed by atoms with Crippen molar-refractivity contribution < 1.29 is 32.6 Å². The first-order valence-corrected chi connectivity index (χ1v) is 8.56. The minimum atomic E-state index is -1.15. The van der Waals surface area contributed by atoms with Gasteiger partial charge in [0.15, 0.2) is 29.7 Å². The Balaban J connectivity index is 1.63. The van der Waals surface area contributed by atoms with Crippen molar-refractivity contribution in [3.8, 4) is 11.5 Å². The van der Waals surface area contributed by atoms with Crippen molar-refractivity contribution in [3.05, 3.63) is 58.7 Å². The molecule has 0 fully saturated rings. The number of amides is 1. The molecule has 148 valence electrons. The first kappa shape index (κ1) is 19.6. The third kappa shape index (κ3) is 4.05. The third-order valence-electron chi connectivity index (χ3n) is 4.55. The molecule has 8 heteroatoms. The summed E-state index contributed by atoms with van der Waals surface area (Å²) >= 11 is 0. The first-order valence-electron chi connectivity index (χ1n) is 8.56. The van der Waals surface area contributed by atoms with Crippen LogP contribution in [0.4, 0.5) is 8.78 Å². The van der Waals surface area contributed by atoms with E-state index in [1.54, 1.807) is 12.0 Å². The van der Waals surface area contributed by atoms with Gasteiger partial charge in [-0.25, -0.2) is 13.6 Å². The van der Waals surface area contributed by atoms with E-state index >= 15 is 0 Å². The minimum Gasteiger partial charge on any atom is -0.493 e. The van der Waals surface area contributed by atoms with Crippen LogP contribution in [0.3, 0.4) is 0 Å². The molecule has 0 atom stereocenters. The summed E-state index contributed by atoms with van der Waals surface area (Å²) in [6, 6.07) is 6.37. The van der Waals surface area contributed by atoms with Gasteiger partial charge in [0.1, 0.15) is 0 Å². The Morgan fingerprint density at radius 1 is 1.00 bits per heavy atom. The second-order valence-electron chi connectivity index (χ2n) is 6.25. The highest BCUT2D eigenvalue weighted by molar-refractivity contribution is 5.91. The van der Waals surface area contributed by atoms with Gasteiger partial charge in [-0.2, -0.15) is 0 Å². The van der Waals surface area contributed by atoms with Crippen LogP contribution >= 0.6 is 0 Å². The van der Waals surface area contributed by atoms with Crippen LogP contribution in [-0.4, -0.2) is 44.1 Å². The molecule has 1 amide bonds. The molecule has 6 nitrogen and oxygen atoms in total. The van der Waals surface area contributed by atoms with Crippen LogP contribution in [0.1, 0.15) is 21.5 Å². The molecule has 0 unspecified atom stereocenters. The molecule has 0 bridgehead atoms. The summed E-state index contributed by atoms with van der Waals surface area (Å²) in [7, 11) is 3.10. The Bertz CT molecular complexity index is 916. The van der Waals surface area contributed by atoms with Gasteiger partial charge < -0.3 is 19.1 Å². The van der Waals surface area contributed by atoms with Crippen molar-refractivity contribution in [3.63, 3.8) is 0 Å². The summed E-state index contributed by atoms with van der Waals surface area (Å²) in [5.41, 5.74) is 1.82. The van der Waals surface area contributed by atoms with Crippen molar-refractivity contribution in [1.29, 1.82) is 0 Å². The van der Waals surface area contributed by atoms with E-state index in [-0.39, 0.29) is 11.5 Å². The van der Waals surface area contributed by atoms with E-state index in [2.05, 4.69) is 0 Å². The number of carbonyl (C=O) groups is 2. The van der Waals surface area contributed by atoms with Gasteiger partial charge in [0.05, 0.1) is 19.8 Å². The molecule has 1 aliphatic rings. The van der Waals surface area contributed by atoms with Gasteiger partial charge in [0.2, 0.25) is 0 Å². The predicted octanol–water partition coefficient (Wildman–Crippen LogP) is 2.72. The second-order valence-corrected chi connectivity index (χ2v) is 6.25. The number of esters is 1. The number of carbonyl (C=O) groups excluding carboxylic acids is 2. The number of nitrogens with zero attached hydrogens (tertiary/aromatic N) is 1. The number of fused-ring (bicyclic) bond motifs is 1. The lowest BCUT2D eigenvalue weighted by atomic mass is 9.99. The van der Waals surface area contributed by atoms with Crippen molar-refractivity contribution in [2.75, 3.05) is 27.4 Å². The molecule has 0 spiro atoms. The lowest BCUT2D eigenvalue weighted by Crippen LogP contribution is -2.38. The van der Waals surface area contributed by atoms with Gasteiger partial charge in [-0.15, -0.1) is 0 Å². The summed E-state index contributed by atoms with van der Waals surface area (Å²) in [4.78, 5) is 25.9. The smallest absolute Gasteiger partial charge is 0.338 e. The monoisotopic (exact) mass is 391 g/mol. The Morgan fingerprint density at radius 2 is 1.68 bits per heavy atom. The number of halogens is 2. The number of benzene rings is 2. The van der Waals surface area contributed by atoms with Gasteiger partial charge in [0, 0.05) is 13.1 Å². The van der Waals surface area contributed by atoms with Crippen LogP contribution in [0.15, 0.2) is 30.3 Å². The molecular weight excluding hydrogens is 372 g/mol. The first-order chi connectivity index (χ1) is 13.4. The molecule has 1 aliphatic heterocycles. The quantitative estimate of drug-likeness (QED) is 0.734. The molecule has 0 aromatic heterocycles. The summed E-state index contributed by atoms with van der Waals surface area (Å²) in [6.45, 7) is 0.321. The van der Waals surface area contributed by atoms with Gasteiger partial charge in [-0.1, -0.05) is 0 Å². The molecule has 28 heavy (non-hydrogen) atoms. The van der Waals surface area contributed by atoms with Crippen molar-refractivity contribution in [1.82, 2.24) is 4.90 Å². The molecule has 0 radical (unpaired) electrons. The van der Waals surface area contributed by atoms with E-state index in [0.717, 1.165) is 29.3 Å². The Morgan fingerprint density at radius 3 is 2.32 bits per heavy atom. The summed E-state index contributed by atoms with van der Waals surface area (Å²) in [5, 5.41) is 0. The summed E-state index contributed by atoms with van der Waals surface area (Å²) in [6.07, 6.45) is 0.624. The van der Waals surface area contributed by atoms with Gasteiger partial charge in [-0.3, -0.25) is 4.79 Å². The average Bonchev–Trinajstić information content (AvgIpc) is 2.72. The minimum absolute atomic E-state index is 0.160. The van der Waals surface area contributed by atoms with Crippen LogP contribution in [0, 0.1) is 11.6 Å².